The molecule has 30 heavy (non-hydrogen) atoms. The third kappa shape index (κ3) is 25.8. The fourth-order valence-electron chi connectivity index (χ4n) is 4.46. The third-order valence-electron chi connectivity index (χ3n) is 6.60. The van der Waals surface area contributed by atoms with Crippen LogP contribution < -0.4 is 0 Å². The highest BCUT2D eigenvalue weighted by molar-refractivity contribution is 4.81. The summed E-state index contributed by atoms with van der Waals surface area (Å²) in [6.07, 6.45) is 38.2. The van der Waals surface area contributed by atoms with Gasteiger partial charge in [-0.1, -0.05) is 161 Å². The smallest absolute Gasteiger partial charge is 0.0351 e. The summed E-state index contributed by atoms with van der Waals surface area (Å²) in [5.41, 5.74) is 0. The topological polar surface area (TPSA) is 0 Å². The minimum Gasteiger partial charge on any atom is -0.0885 e. The molecule has 178 valence electrons. The van der Waals surface area contributed by atoms with Crippen LogP contribution in [0.5, 0.6) is 0 Å². The Morgan fingerprint density at radius 2 is 0.833 bits per heavy atom. The van der Waals surface area contributed by atoms with Crippen molar-refractivity contribution in [1.29, 1.82) is 0 Å². The lowest BCUT2D eigenvalue weighted by Gasteiger charge is -2.10. The van der Waals surface area contributed by atoms with Crippen LogP contribution in [-0.4, -0.2) is 0 Å². The second-order valence-electron chi connectivity index (χ2n) is 9.80. The van der Waals surface area contributed by atoms with E-state index in [0.29, 0.717) is 0 Å². The normalized spacial score (nSPS) is 12.8. The van der Waals surface area contributed by atoms with Gasteiger partial charge in [-0.25, -0.2) is 0 Å². The van der Waals surface area contributed by atoms with E-state index in [1.165, 1.54) is 141 Å². The van der Waals surface area contributed by atoms with Crippen LogP contribution in [0.3, 0.4) is 0 Å². The molecule has 0 saturated carbocycles. The van der Waals surface area contributed by atoms with Gasteiger partial charge in [0.2, 0.25) is 0 Å². The van der Waals surface area contributed by atoms with Crippen LogP contribution in [-0.2, 0) is 0 Å². The molecule has 0 aliphatic carbocycles. The number of rotatable bonds is 25. The molecule has 0 saturated heterocycles. The van der Waals surface area contributed by atoms with Gasteiger partial charge in [-0.05, 0) is 32.1 Å². The van der Waals surface area contributed by atoms with E-state index in [1.54, 1.807) is 0 Å². The van der Waals surface area contributed by atoms with E-state index in [0.717, 1.165) is 18.8 Å². The lowest BCUT2D eigenvalue weighted by molar-refractivity contribution is 0.437. The number of unbranched alkanes of at least 4 members (excludes halogenated alkanes) is 19. The molecule has 0 heteroatoms. The molecule has 0 aromatic carbocycles. The molecular formula is C30H58. The molecule has 0 amide bonds. The van der Waals surface area contributed by atoms with Crippen molar-refractivity contribution in [3.8, 4) is 0 Å². The highest BCUT2D eigenvalue weighted by Gasteiger charge is 2.01. The summed E-state index contributed by atoms with van der Waals surface area (Å²) >= 11 is 0. The Morgan fingerprint density at radius 3 is 1.23 bits per heavy atom. The first-order chi connectivity index (χ1) is 14.8. The van der Waals surface area contributed by atoms with Crippen LogP contribution >= 0.6 is 0 Å². The summed E-state index contributed by atoms with van der Waals surface area (Å²) < 4.78 is 0. The van der Waals surface area contributed by atoms with Crippen molar-refractivity contribution < 1.29 is 0 Å². The average Bonchev–Trinajstić information content (AvgIpc) is 2.75. The Kier molecular flexibility index (Phi) is 26.5. The third-order valence-corrected chi connectivity index (χ3v) is 6.60. The SMILES string of the molecule is [CH2]C/C=C/CCCCCCCCCCCCCCCCCCCC(C)CCCC[CH2]. The zero-order chi connectivity index (χ0) is 22.0. The second kappa shape index (κ2) is 26.8. The van der Waals surface area contributed by atoms with E-state index >= 15 is 0 Å². The fourth-order valence-corrected chi connectivity index (χ4v) is 4.46. The van der Waals surface area contributed by atoms with Gasteiger partial charge in [0.25, 0.3) is 0 Å². The van der Waals surface area contributed by atoms with Gasteiger partial charge < -0.3 is 0 Å². The summed E-state index contributed by atoms with van der Waals surface area (Å²) in [4.78, 5) is 0. The van der Waals surface area contributed by atoms with E-state index in [4.69, 9.17) is 0 Å². The molecule has 0 rings (SSSR count). The lowest BCUT2D eigenvalue weighted by Crippen LogP contribution is -1.94. The Balaban J connectivity index is 3.07. The lowest BCUT2D eigenvalue weighted by atomic mass is 9.96. The molecule has 0 fully saturated rings. The number of hydrogen-bond acceptors (Lipinski definition) is 0. The van der Waals surface area contributed by atoms with Gasteiger partial charge in [0.1, 0.15) is 0 Å². The first-order valence-electron chi connectivity index (χ1n) is 14.0. The zero-order valence-corrected chi connectivity index (χ0v) is 21.1. The van der Waals surface area contributed by atoms with Gasteiger partial charge >= 0.3 is 0 Å². The maximum absolute atomic E-state index is 3.94. The molecule has 1 unspecified atom stereocenters. The van der Waals surface area contributed by atoms with Crippen molar-refractivity contribution in [2.24, 2.45) is 5.92 Å². The van der Waals surface area contributed by atoms with Gasteiger partial charge in [-0.3, -0.25) is 0 Å². The Bertz CT molecular complexity index is 316. The molecule has 0 bridgehead atoms. The van der Waals surface area contributed by atoms with Crippen molar-refractivity contribution in [2.75, 3.05) is 0 Å². The molecule has 0 spiro atoms. The van der Waals surface area contributed by atoms with E-state index in [2.05, 4.69) is 32.9 Å². The van der Waals surface area contributed by atoms with E-state index < -0.39 is 0 Å². The van der Waals surface area contributed by atoms with Crippen LogP contribution in [0.1, 0.15) is 161 Å². The zero-order valence-electron chi connectivity index (χ0n) is 21.1. The van der Waals surface area contributed by atoms with Gasteiger partial charge in [0, 0.05) is 0 Å². The van der Waals surface area contributed by atoms with Crippen LogP contribution in [0.15, 0.2) is 12.2 Å². The highest BCUT2D eigenvalue weighted by Crippen LogP contribution is 2.18. The van der Waals surface area contributed by atoms with Crippen LogP contribution in [0.2, 0.25) is 0 Å². The van der Waals surface area contributed by atoms with Gasteiger partial charge in [0.05, 0.1) is 0 Å². The molecule has 0 aromatic heterocycles. The van der Waals surface area contributed by atoms with Gasteiger partial charge in [0.15, 0.2) is 0 Å². The molecular weight excluding hydrogens is 360 g/mol. The minimum absolute atomic E-state index is 0.938. The van der Waals surface area contributed by atoms with Crippen LogP contribution in [0.25, 0.3) is 0 Å². The molecule has 0 heterocycles. The first-order valence-corrected chi connectivity index (χ1v) is 14.0. The summed E-state index contributed by atoms with van der Waals surface area (Å²) in [6, 6.07) is 0. The Morgan fingerprint density at radius 1 is 0.467 bits per heavy atom. The summed E-state index contributed by atoms with van der Waals surface area (Å²) in [6.45, 7) is 10.2. The maximum Gasteiger partial charge on any atom is -0.0351 e. The first kappa shape index (κ1) is 29.7. The molecule has 2 radical (unpaired) electrons. The standard InChI is InChI=1S/C30H58/c1-4-6-8-9-10-11-12-13-14-15-16-17-18-19-20-21-22-23-24-25-27-29-30(3)28-26-7-5-2/h6,8,30H,1-2,4-5,7,9-29H2,3H3/b8-6+. The molecule has 0 aliphatic heterocycles. The summed E-state index contributed by atoms with van der Waals surface area (Å²) in [5, 5.41) is 0. The monoisotopic (exact) mass is 418 g/mol. The van der Waals surface area contributed by atoms with E-state index in [-0.39, 0.29) is 0 Å². The average molecular weight is 419 g/mol. The molecule has 0 aliphatic rings. The maximum atomic E-state index is 3.94. The van der Waals surface area contributed by atoms with Crippen LogP contribution in [0, 0.1) is 19.8 Å². The van der Waals surface area contributed by atoms with E-state index in [9.17, 15) is 0 Å². The van der Waals surface area contributed by atoms with Crippen molar-refractivity contribution in [3.05, 3.63) is 26.0 Å². The molecule has 1 atom stereocenters. The van der Waals surface area contributed by atoms with Gasteiger partial charge in [-0.2, -0.15) is 0 Å². The predicted molar refractivity (Wildman–Crippen MR) is 140 cm³/mol. The minimum atomic E-state index is 0.938. The second-order valence-corrected chi connectivity index (χ2v) is 9.80. The Hall–Kier alpha value is -0.260. The van der Waals surface area contributed by atoms with Crippen molar-refractivity contribution in [1.82, 2.24) is 0 Å². The predicted octanol–water partition coefficient (Wildman–Crippen LogP) is 11.2. The molecule has 0 N–H and O–H groups in total. The Labute approximate surface area is 193 Å². The number of hydrogen-bond donors (Lipinski definition) is 0. The van der Waals surface area contributed by atoms with Crippen molar-refractivity contribution in [3.63, 3.8) is 0 Å². The fraction of sp³-hybridized carbons (Fsp3) is 0.867. The summed E-state index contributed by atoms with van der Waals surface area (Å²) in [5.74, 6) is 0.938. The largest absolute Gasteiger partial charge is 0.0885 e. The van der Waals surface area contributed by atoms with Gasteiger partial charge in [-0.15, -0.1) is 0 Å². The van der Waals surface area contributed by atoms with Crippen molar-refractivity contribution in [2.45, 2.75) is 161 Å². The molecule has 0 nitrogen and oxygen atoms in total. The molecule has 0 aromatic rings. The highest BCUT2D eigenvalue weighted by atomic mass is 14.1. The summed E-state index contributed by atoms with van der Waals surface area (Å²) in [7, 11) is 0. The number of allylic oxidation sites excluding steroid dienone is 2. The van der Waals surface area contributed by atoms with E-state index in [1.807, 2.05) is 0 Å². The van der Waals surface area contributed by atoms with Crippen LogP contribution in [0.4, 0.5) is 0 Å². The van der Waals surface area contributed by atoms with Crippen molar-refractivity contribution >= 4 is 0 Å². The quantitative estimate of drug-likeness (QED) is 0.102.